The molecule has 0 fully saturated rings. The number of methoxy groups -OCH3 is 1. The standard InChI is InChI=1S/C17H21N3O5/c1-17(10-15(22)23,11-5-4-6-12(9-11)25-3)18-16(24)13-7-8-14(21)20(2)19-13/h4-6,9H,7-8,10H2,1-3H3,(H,18,24)(H,22,23). The van der Waals surface area contributed by atoms with Crippen LogP contribution in [0.15, 0.2) is 29.4 Å². The maximum Gasteiger partial charge on any atom is 0.306 e. The second-order valence-corrected chi connectivity index (χ2v) is 6.05. The number of ether oxygens (including phenoxy) is 1. The van der Waals surface area contributed by atoms with Gasteiger partial charge in [0.15, 0.2) is 0 Å². The first-order valence-corrected chi connectivity index (χ1v) is 7.78. The van der Waals surface area contributed by atoms with E-state index in [1.807, 2.05) is 0 Å². The first-order valence-electron chi connectivity index (χ1n) is 7.78. The molecular formula is C17H21N3O5. The average molecular weight is 347 g/mol. The van der Waals surface area contributed by atoms with Crippen LogP contribution in [-0.4, -0.2) is 47.8 Å². The number of benzene rings is 1. The van der Waals surface area contributed by atoms with Gasteiger partial charge in [-0.1, -0.05) is 12.1 Å². The number of hydrazone groups is 1. The number of aliphatic carboxylic acids is 1. The van der Waals surface area contributed by atoms with Crippen LogP contribution in [0.2, 0.25) is 0 Å². The lowest BCUT2D eigenvalue weighted by Gasteiger charge is -2.31. The summed E-state index contributed by atoms with van der Waals surface area (Å²) in [7, 11) is 2.99. The predicted octanol–water partition coefficient (Wildman–Crippen LogP) is 1.11. The smallest absolute Gasteiger partial charge is 0.306 e. The van der Waals surface area contributed by atoms with Crippen molar-refractivity contribution >= 4 is 23.5 Å². The molecule has 1 aliphatic heterocycles. The van der Waals surface area contributed by atoms with Crippen molar-refractivity contribution in [2.45, 2.75) is 31.7 Å². The summed E-state index contributed by atoms with van der Waals surface area (Å²) in [5, 5.41) is 17.1. The molecule has 0 aromatic heterocycles. The Bertz CT molecular complexity index is 731. The summed E-state index contributed by atoms with van der Waals surface area (Å²) < 4.78 is 5.17. The van der Waals surface area contributed by atoms with Crippen molar-refractivity contribution < 1.29 is 24.2 Å². The highest BCUT2D eigenvalue weighted by molar-refractivity contribution is 6.39. The van der Waals surface area contributed by atoms with Crippen molar-refractivity contribution in [3.05, 3.63) is 29.8 Å². The SMILES string of the molecule is COc1cccc(C(C)(CC(=O)O)NC(=O)C2=NN(C)C(=O)CC2)c1. The molecule has 0 bridgehead atoms. The van der Waals surface area contributed by atoms with E-state index in [9.17, 15) is 19.5 Å². The van der Waals surface area contributed by atoms with Gasteiger partial charge in [-0.3, -0.25) is 14.4 Å². The minimum atomic E-state index is -1.15. The van der Waals surface area contributed by atoms with Crippen molar-refractivity contribution in [3.63, 3.8) is 0 Å². The van der Waals surface area contributed by atoms with Crippen LogP contribution in [0.25, 0.3) is 0 Å². The molecule has 25 heavy (non-hydrogen) atoms. The van der Waals surface area contributed by atoms with Crippen LogP contribution < -0.4 is 10.1 Å². The highest BCUT2D eigenvalue weighted by atomic mass is 16.5. The molecule has 2 rings (SSSR count). The Balaban J connectivity index is 2.31. The van der Waals surface area contributed by atoms with E-state index in [0.29, 0.717) is 11.3 Å². The highest BCUT2D eigenvalue weighted by Crippen LogP contribution is 2.28. The van der Waals surface area contributed by atoms with Crippen molar-refractivity contribution in [1.29, 1.82) is 0 Å². The second-order valence-electron chi connectivity index (χ2n) is 6.05. The predicted molar refractivity (Wildman–Crippen MR) is 90.2 cm³/mol. The fourth-order valence-corrected chi connectivity index (χ4v) is 2.64. The van der Waals surface area contributed by atoms with Crippen LogP contribution in [-0.2, 0) is 19.9 Å². The van der Waals surface area contributed by atoms with Crippen LogP contribution in [0.3, 0.4) is 0 Å². The minimum Gasteiger partial charge on any atom is -0.497 e. The lowest BCUT2D eigenvalue weighted by molar-refractivity contribution is -0.139. The van der Waals surface area contributed by atoms with Gasteiger partial charge in [0.2, 0.25) is 5.91 Å². The summed E-state index contributed by atoms with van der Waals surface area (Å²) in [5.74, 6) is -1.16. The lowest BCUT2D eigenvalue weighted by atomic mass is 9.88. The van der Waals surface area contributed by atoms with Crippen molar-refractivity contribution in [1.82, 2.24) is 10.3 Å². The molecule has 1 aromatic carbocycles. The molecule has 0 saturated heterocycles. The molecular weight excluding hydrogens is 326 g/mol. The molecule has 2 N–H and O–H groups in total. The quantitative estimate of drug-likeness (QED) is 0.801. The number of carbonyl (C=O) groups is 3. The molecule has 1 aromatic rings. The third-order valence-electron chi connectivity index (χ3n) is 4.07. The third-order valence-corrected chi connectivity index (χ3v) is 4.07. The normalized spacial score (nSPS) is 16.7. The fourth-order valence-electron chi connectivity index (χ4n) is 2.64. The molecule has 1 heterocycles. The third kappa shape index (κ3) is 4.34. The maximum absolute atomic E-state index is 12.6. The van der Waals surface area contributed by atoms with Crippen molar-refractivity contribution in [2.24, 2.45) is 5.10 Å². The zero-order valence-corrected chi connectivity index (χ0v) is 14.4. The number of carbonyl (C=O) groups excluding carboxylic acids is 2. The summed E-state index contributed by atoms with van der Waals surface area (Å²) in [6.45, 7) is 1.63. The Kier molecular flexibility index (Phi) is 5.41. The van der Waals surface area contributed by atoms with Gasteiger partial charge >= 0.3 is 5.97 Å². The fraction of sp³-hybridized carbons (Fsp3) is 0.412. The maximum atomic E-state index is 12.6. The van der Waals surface area contributed by atoms with E-state index < -0.39 is 17.4 Å². The van der Waals surface area contributed by atoms with Gasteiger partial charge < -0.3 is 15.2 Å². The molecule has 8 nitrogen and oxygen atoms in total. The van der Waals surface area contributed by atoms with Gasteiger partial charge in [-0.25, -0.2) is 5.01 Å². The summed E-state index contributed by atoms with van der Waals surface area (Å²) in [5.41, 5.74) is -0.356. The summed E-state index contributed by atoms with van der Waals surface area (Å²) in [4.78, 5) is 35.4. The van der Waals surface area contributed by atoms with E-state index in [1.165, 1.54) is 14.2 Å². The molecule has 134 valence electrons. The van der Waals surface area contributed by atoms with Gasteiger partial charge in [0.1, 0.15) is 11.5 Å². The number of carboxylic acid groups (broad SMARTS) is 1. The zero-order chi connectivity index (χ0) is 18.6. The Morgan fingerprint density at radius 3 is 2.72 bits per heavy atom. The summed E-state index contributed by atoms with van der Waals surface area (Å²) in [6.07, 6.45) is 0.0990. The summed E-state index contributed by atoms with van der Waals surface area (Å²) >= 11 is 0. The lowest BCUT2D eigenvalue weighted by Crippen LogP contribution is -2.49. The van der Waals surface area contributed by atoms with Crippen LogP contribution in [0.4, 0.5) is 0 Å². The molecule has 8 heteroatoms. The summed E-state index contributed by atoms with van der Waals surface area (Å²) in [6, 6.07) is 6.87. The van der Waals surface area contributed by atoms with Gasteiger partial charge in [-0.15, -0.1) is 0 Å². The number of nitrogens with one attached hydrogen (secondary N) is 1. The van der Waals surface area contributed by atoms with E-state index in [0.717, 1.165) is 5.01 Å². The number of rotatable bonds is 6. The molecule has 1 unspecified atom stereocenters. The topological polar surface area (TPSA) is 108 Å². The number of carboxylic acids is 1. The number of hydrogen-bond donors (Lipinski definition) is 2. The van der Waals surface area contributed by atoms with Gasteiger partial charge in [0, 0.05) is 19.9 Å². The van der Waals surface area contributed by atoms with Crippen LogP contribution in [0, 0.1) is 0 Å². The van der Waals surface area contributed by atoms with Gasteiger partial charge in [0.25, 0.3) is 5.91 Å². The van der Waals surface area contributed by atoms with E-state index >= 15 is 0 Å². The second kappa shape index (κ2) is 7.33. The number of amides is 2. The Labute approximate surface area is 145 Å². The minimum absolute atomic E-state index is 0.169. The molecule has 0 radical (unpaired) electrons. The zero-order valence-electron chi connectivity index (χ0n) is 14.4. The van der Waals surface area contributed by atoms with Crippen LogP contribution in [0.1, 0.15) is 31.7 Å². The van der Waals surface area contributed by atoms with E-state index in [2.05, 4.69) is 10.4 Å². The van der Waals surface area contributed by atoms with Gasteiger partial charge in [-0.05, 0) is 24.6 Å². The van der Waals surface area contributed by atoms with E-state index in [4.69, 9.17) is 4.74 Å². The monoisotopic (exact) mass is 347 g/mol. The van der Waals surface area contributed by atoms with Gasteiger partial charge in [0.05, 0.1) is 19.1 Å². The van der Waals surface area contributed by atoms with Gasteiger partial charge in [-0.2, -0.15) is 5.10 Å². The molecule has 0 spiro atoms. The largest absolute Gasteiger partial charge is 0.497 e. The number of hydrogen-bond acceptors (Lipinski definition) is 5. The molecule has 0 saturated carbocycles. The molecule has 1 aliphatic rings. The Morgan fingerprint density at radius 2 is 2.12 bits per heavy atom. The first-order chi connectivity index (χ1) is 11.7. The van der Waals surface area contributed by atoms with Crippen molar-refractivity contribution in [3.8, 4) is 5.75 Å². The highest BCUT2D eigenvalue weighted by Gasteiger charge is 2.34. The molecule has 1 atom stereocenters. The molecule has 0 aliphatic carbocycles. The van der Waals surface area contributed by atoms with E-state index in [-0.39, 0.29) is 30.9 Å². The molecule has 2 amide bonds. The Hall–Kier alpha value is -2.90. The van der Waals surface area contributed by atoms with E-state index in [1.54, 1.807) is 31.2 Å². The average Bonchev–Trinajstić information content (AvgIpc) is 2.56. The first kappa shape index (κ1) is 18.4. The Morgan fingerprint density at radius 1 is 1.40 bits per heavy atom. The van der Waals surface area contributed by atoms with Crippen LogP contribution >= 0.6 is 0 Å². The van der Waals surface area contributed by atoms with Crippen molar-refractivity contribution in [2.75, 3.05) is 14.2 Å². The number of nitrogens with zero attached hydrogens (tertiary/aromatic N) is 2. The van der Waals surface area contributed by atoms with Crippen LogP contribution in [0.5, 0.6) is 5.75 Å².